The third kappa shape index (κ3) is 3.01. The Balaban J connectivity index is 2.19. The smallest absolute Gasteiger partial charge is 0.194 e. The molecule has 5 heteroatoms. The van der Waals surface area contributed by atoms with Crippen LogP contribution in [0.5, 0.6) is 0 Å². The van der Waals surface area contributed by atoms with E-state index in [4.69, 9.17) is 11.6 Å². The molecule has 0 aromatic heterocycles. The summed E-state index contributed by atoms with van der Waals surface area (Å²) in [6.07, 6.45) is 0. The van der Waals surface area contributed by atoms with Crippen molar-refractivity contribution < 1.29 is 13.2 Å². The quantitative estimate of drug-likeness (QED) is 0.808. The average Bonchev–Trinajstić information content (AvgIpc) is 2.35. The van der Waals surface area contributed by atoms with Gasteiger partial charge in [0, 0.05) is 6.54 Å². The maximum absolute atomic E-state index is 13.1. The van der Waals surface area contributed by atoms with E-state index in [2.05, 4.69) is 5.32 Å². The second kappa shape index (κ2) is 5.53. The van der Waals surface area contributed by atoms with Gasteiger partial charge in [-0.15, -0.1) is 0 Å². The van der Waals surface area contributed by atoms with Gasteiger partial charge in [0.2, 0.25) is 0 Å². The number of rotatable bonds is 3. The number of nitrogens with one attached hydrogen (secondary N) is 1. The number of halogens is 4. The van der Waals surface area contributed by atoms with Crippen LogP contribution in [-0.4, -0.2) is 0 Å². The molecule has 1 N–H and O–H groups in total. The molecule has 2 rings (SSSR count). The molecule has 0 saturated carbocycles. The summed E-state index contributed by atoms with van der Waals surface area (Å²) >= 11 is 6.01. The van der Waals surface area contributed by atoms with Gasteiger partial charge in [-0.05, 0) is 36.2 Å². The summed E-state index contributed by atoms with van der Waals surface area (Å²) in [4.78, 5) is 0. The third-order valence-electron chi connectivity index (χ3n) is 2.73. The minimum atomic E-state index is -1.46. The van der Waals surface area contributed by atoms with Crippen LogP contribution in [0.2, 0.25) is 5.02 Å². The Morgan fingerprint density at radius 2 is 1.74 bits per heavy atom. The lowest BCUT2D eigenvalue weighted by molar-refractivity contribution is 0.445. The Labute approximate surface area is 114 Å². The number of aryl methyl sites for hydroxylation is 1. The highest BCUT2D eigenvalue weighted by Gasteiger charge is 2.11. The normalized spacial score (nSPS) is 10.6. The van der Waals surface area contributed by atoms with Crippen molar-refractivity contribution in [2.75, 3.05) is 5.32 Å². The Morgan fingerprint density at radius 3 is 2.32 bits per heavy atom. The van der Waals surface area contributed by atoms with Crippen LogP contribution in [0.3, 0.4) is 0 Å². The fraction of sp³-hybridized carbons (Fsp3) is 0.143. The number of para-hydroxylation sites is 1. The van der Waals surface area contributed by atoms with Crippen LogP contribution < -0.4 is 5.32 Å². The van der Waals surface area contributed by atoms with E-state index in [1.807, 2.05) is 13.0 Å². The largest absolute Gasteiger partial charge is 0.380 e. The molecule has 0 atom stereocenters. The van der Waals surface area contributed by atoms with E-state index in [1.165, 1.54) is 0 Å². The number of benzene rings is 2. The van der Waals surface area contributed by atoms with Gasteiger partial charge in [-0.2, -0.15) is 0 Å². The first-order valence-corrected chi connectivity index (χ1v) is 5.99. The lowest BCUT2D eigenvalue weighted by Gasteiger charge is -2.11. The average molecular weight is 286 g/mol. The van der Waals surface area contributed by atoms with Crippen molar-refractivity contribution in [1.82, 2.24) is 0 Å². The van der Waals surface area contributed by atoms with E-state index in [-0.39, 0.29) is 6.54 Å². The van der Waals surface area contributed by atoms with Crippen molar-refractivity contribution in [2.24, 2.45) is 0 Å². The van der Waals surface area contributed by atoms with Crippen LogP contribution >= 0.6 is 11.6 Å². The van der Waals surface area contributed by atoms with Crippen LogP contribution in [0.15, 0.2) is 30.3 Å². The van der Waals surface area contributed by atoms with Crippen molar-refractivity contribution in [3.05, 3.63) is 63.9 Å². The van der Waals surface area contributed by atoms with Gasteiger partial charge >= 0.3 is 0 Å². The molecule has 0 unspecified atom stereocenters. The first-order chi connectivity index (χ1) is 8.99. The topological polar surface area (TPSA) is 12.0 Å². The molecule has 0 aliphatic heterocycles. The maximum Gasteiger partial charge on any atom is 0.194 e. The van der Waals surface area contributed by atoms with Gasteiger partial charge in [0.25, 0.3) is 0 Å². The minimum absolute atomic E-state index is 0.151. The fourth-order valence-electron chi connectivity index (χ4n) is 1.76. The first-order valence-electron chi connectivity index (χ1n) is 5.61. The molecule has 0 spiro atoms. The summed E-state index contributed by atoms with van der Waals surface area (Å²) in [6.45, 7) is 2.01. The predicted molar refractivity (Wildman–Crippen MR) is 69.8 cm³/mol. The summed E-state index contributed by atoms with van der Waals surface area (Å²) < 4.78 is 38.9. The van der Waals surface area contributed by atoms with Crippen LogP contribution in [-0.2, 0) is 6.54 Å². The second-order valence-corrected chi connectivity index (χ2v) is 4.57. The second-order valence-electron chi connectivity index (χ2n) is 4.16. The predicted octanol–water partition coefficient (Wildman–Crippen LogP) is 4.68. The summed E-state index contributed by atoms with van der Waals surface area (Å²) in [5.41, 5.74) is 1.90. The van der Waals surface area contributed by atoms with Crippen molar-refractivity contribution in [2.45, 2.75) is 13.5 Å². The molecule has 1 nitrogen and oxygen atoms in total. The highest BCUT2D eigenvalue weighted by Crippen LogP contribution is 2.26. The lowest BCUT2D eigenvalue weighted by atomic mass is 10.1. The van der Waals surface area contributed by atoms with Gasteiger partial charge in [-0.25, -0.2) is 13.2 Å². The molecule has 0 aliphatic carbocycles. The highest BCUT2D eigenvalue weighted by atomic mass is 35.5. The van der Waals surface area contributed by atoms with Gasteiger partial charge in [0.05, 0.1) is 10.7 Å². The van der Waals surface area contributed by atoms with Gasteiger partial charge in [-0.1, -0.05) is 23.7 Å². The zero-order valence-corrected chi connectivity index (χ0v) is 10.9. The van der Waals surface area contributed by atoms with E-state index >= 15 is 0 Å². The highest BCUT2D eigenvalue weighted by molar-refractivity contribution is 6.33. The maximum atomic E-state index is 13.1. The molecule has 0 aliphatic rings. The van der Waals surface area contributed by atoms with E-state index in [0.29, 0.717) is 16.3 Å². The molecule has 100 valence electrons. The molecule has 0 heterocycles. The van der Waals surface area contributed by atoms with Crippen molar-refractivity contribution in [1.29, 1.82) is 0 Å². The number of hydrogen-bond acceptors (Lipinski definition) is 1. The third-order valence-corrected chi connectivity index (χ3v) is 3.05. The lowest BCUT2D eigenvalue weighted by Crippen LogP contribution is -2.04. The Morgan fingerprint density at radius 1 is 1.11 bits per heavy atom. The zero-order valence-electron chi connectivity index (χ0n) is 10.1. The standard InChI is InChI=1S/C14H11ClF3N/c1-8-3-2-4-10(15)14(8)19-7-9-5-11(16)13(18)12(17)6-9/h2-6,19H,7H2,1H3. The summed E-state index contributed by atoms with van der Waals surface area (Å²) in [5.74, 6) is -3.86. The summed E-state index contributed by atoms with van der Waals surface area (Å²) in [7, 11) is 0. The van der Waals surface area contributed by atoms with Crippen LogP contribution in [0.25, 0.3) is 0 Å². The van der Waals surface area contributed by atoms with E-state index < -0.39 is 17.5 Å². The Kier molecular flexibility index (Phi) is 4.00. The SMILES string of the molecule is Cc1cccc(Cl)c1NCc1cc(F)c(F)c(F)c1. The number of hydrogen-bond donors (Lipinski definition) is 1. The van der Waals surface area contributed by atoms with Gasteiger partial charge in [0.1, 0.15) is 0 Å². The monoisotopic (exact) mass is 285 g/mol. The van der Waals surface area contributed by atoms with Crippen molar-refractivity contribution in [3.63, 3.8) is 0 Å². The van der Waals surface area contributed by atoms with Crippen LogP contribution in [0.1, 0.15) is 11.1 Å². The van der Waals surface area contributed by atoms with Crippen LogP contribution in [0, 0.1) is 24.4 Å². The van der Waals surface area contributed by atoms with Gasteiger partial charge in [-0.3, -0.25) is 0 Å². The molecule has 0 radical (unpaired) electrons. The van der Waals surface area contributed by atoms with Crippen molar-refractivity contribution in [3.8, 4) is 0 Å². The van der Waals surface area contributed by atoms with Gasteiger partial charge in [0.15, 0.2) is 17.5 Å². The van der Waals surface area contributed by atoms with Gasteiger partial charge < -0.3 is 5.32 Å². The molecule has 19 heavy (non-hydrogen) atoms. The Bertz CT molecular complexity index is 570. The van der Waals surface area contributed by atoms with E-state index in [9.17, 15) is 13.2 Å². The summed E-state index contributed by atoms with van der Waals surface area (Å²) in [5, 5.41) is 3.50. The Hall–Kier alpha value is -1.68. The molecule has 0 amide bonds. The van der Waals surface area contributed by atoms with Crippen LogP contribution in [0.4, 0.5) is 18.9 Å². The molecular weight excluding hydrogens is 275 g/mol. The minimum Gasteiger partial charge on any atom is -0.380 e. The molecule has 0 saturated heterocycles. The van der Waals surface area contributed by atoms with Crippen molar-refractivity contribution >= 4 is 17.3 Å². The molecular formula is C14H11ClF3N. The van der Waals surface area contributed by atoms with E-state index in [1.54, 1.807) is 12.1 Å². The fourth-order valence-corrected chi connectivity index (χ4v) is 2.04. The molecule has 0 fully saturated rings. The molecule has 0 bridgehead atoms. The van der Waals surface area contributed by atoms with E-state index in [0.717, 1.165) is 17.7 Å². The summed E-state index contributed by atoms with van der Waals surface area (Å²) in [6, 6.07) is 7.29. The number of anilines is 1. The zero-order chi connectivity index (χ0) is 14.0. The molecule has 2 aromatic rings. The first kappa shape index (κ1) is 13.7. The molecule has 2 aromatic carbocycles.